The Bertz CT molecular complexity index is 1580. The summed E-state index contributed by atoms with van der Waals surface area (Å²) in [5.74, 6) is 1.62. The summed E-state index contributed by atoms with van der Waals surface area (Å²) in [6, 6.07) is 31.2. The number of ether oxygens (including phenoxy) is 2. The van der Waals surface area contributed by atoms with E-state index in [0.29, 0.717) is 60.3 Å². The van der Waals surface area contributed by atoms with Crippen LogP contribution in [0, 0.1) is 0 Å². The van der Waals surface area contributed by atoms with Crippen LogP contribution in [0.2, 0.25) is 0 Å². The average molecular weight is 536 g/mol. The molecule has 40 heavy (non-hydrogen) atoms. The third-order valence-corrected chi connectivity index (χ3v) is 6.32. The molecule has 0 saturated carbocycles. The van der Waals surface area contributed by atoms with Crippen molar-refractivity contribution in [3.05, 3.63) is 114 Å². The molecule has 0 spiro atoms. The zero-order valence-corrected chi connectivity index (χ0v) is 21.8. The van der Waals surface area contributed by atoms with Gasteiger partial charge in [-0.25, -0.2) is 0 Å². The molecule has 0 fully saturated rings. The molecule has 0 aliphatic carbocycles. The molecular weight excluding hydrogens is 506 g/mol. The van der Waals surface area contributed by atoms with Crippen molar-refractivity contribution in [1.29, 1.82) is 0 Å². The minimum atomic E-state index is -0.258. The van der Waals surface area contributed by atoms with E-state index in [1.165, 1.54) is 4.90 Å². The smallest absolute Gasteiger partial charge is 0.255 e. The summed E-state index contributed by atoms with van der Waals surface area (Å²) in [4.78, 5) is 25.9. The predicted molar refractivity (Wildman–Crippen MR) is 156 cm³/mol. The van der Waals surface area contributed by atoms with E-state index in [1.807, 2.05) is 66.7 Å². The highest BCUT2D eigenvalue weighted by Gasteiger charge is 2.14. The summed E-state index contributed by atoms with van der Waals surface area (Å²) < 4.78 is 17.7. The van der Waals surface area contributed by atoms with Crippen LogP contribution in [-0.4, -0.2) is 25.5 Å². The lowest BCUT2D eigenvalue weighted by molar-refractivity contribution is -0.107. The van der Waals surface area contributed by atoms with E-state index >= 15 is 0 Å². The monoisotopic (exact) mass is 535 g/mol. The first-order valence-corrected chi connectivity index (χ1v) is 12.9. The van der Waals surface area contributed by atoms with E-state index in [-0.39, 0.29) is 5.91 Å². The first-order valence-electron chi connectivity index (χ1n) is 12.9. The lowest BCUT2D eigenvalue weighted by Crippen LogP contribution is -2.23. The molecule has 0 aliphatic rings. The van der Waals surface area contributed by atoms with Crippen LogP contribution in [0.25, 0.3) is 11.0 Å². The summed E-state index contributed by atoms with van der Waals surface area (Å²) in [5.41, 5.74) is 9.10. The van der Waals surface area contributed by atoms with Crippen molar-refractivity contribution in [3.63, 3.8) is 0 Å². The average Bonchev–Trinajstić information content (AvgIpc) is 3.43. The minimum Gasteiger partial charge on any atom is -0.494 e. The number of rotatable bonds is 12. The van der Waals surface area contributed by atoms with Gasteiger partial charge in [0.2, 0.25) is 12.3 Å². The van der Waals surface area contributed by atoms with Gasteiger partial charge in [0.05, 0.1) is 18.0 Å². The first-order chi connectivity index (χ1) is 19.6. The summed E-state index contributed by atoms with van der Waals surface area (Å²) in [5, 5.41) is 3.70. The van der Waals surface area contributed by atoms with Crippen LogP contribution in [0.4, 0.5) is 17.3 Å². The van der Waals surface area contributed by atoms with Crippen LogP contribution < -0.4 is 25.4 Å². The quantitative estimate of drug-likeness (QED) is 0.111. The Morgan fingerprint density at radius 2 is 1.62 bits per heavy atom. The number of carbonyl (C=O) groups excluding carboxylic acids is 2. The Morgan fingerprint density at radius 3 is 2.40 bits per heavy atom. The highest BCUT2D eigenvalue weighted by atomic mass is 16.5. The Labute approximate surface area is 231 Å². The third-order valence-electron chi connectivity index (χ3n) is 6.32. The Hall–Kier alpha value is -5.24. The maximum Gasteiger partial charge on any atom is 0.255 e. The van der Waals surface area contributed by atoms with Gasteiger partial charge in [-0.1, -0.05) is 42.5 Å². The molecule has 2 amide bonds. The van der Waals surface area contributed by atoms with E-state index in [2.05, 4.69) is 5.32 Å². The van der Waals surface area contributed by atoms with Crippen LogP contribution in [0.1, 0.15) is 22.3 Å². The van der Waals surface area contributed by atoms with Gasteiger partial charge in [-0.15, -0.1) is 0 Å². The maximum atomic E-state index is 12.5. The second-order valence-electron chi connectivity index (χ2n) is 9.08. The van der Waals surface area contributed by atoms with E-state index in [9.17, 15) is 9.59 Å². The van der Waals surface area contributed by atoms with E-state index in [1.54, 1.807) is 36.4 Å². The predicted octanol–water partition coefficient (Wildman–Crippen LogP) is 6.28. The fraction of sp³-hybridized carbons (Fsp3) is 0.125. The topological polar surface area (TPSA) is 107 Å². The van der Waals surface area contributed by atoms with Crippen molar-refractivity contribution in [2.75, 3.05) is 29.1 Å². The number of nitrogens with two attached hydrogens (primary N) is 1. The number of hydrogen-bond acceptors (Lipinski definition) is 6. The molecule has 8 heteroatoms. The second-order valence-corrected chi connectivity index (χ2v) is 9.08. The Morgan fingerprint density at radius 1 is 0.875 bits per heavy atom. The van der Waals surface area contributed by atoms with Gasteiger partial charge in [0.15, 0.2) is 0 Å². The number of fused-ring (bicyclic) bond motifs is 1. The number of nitrogens with one attached hydrogen (secondary N) is 1. The molecule has 0 saturated heterocycles. The maximum absolute atomic E-state index is 12.5. The van der Waals surface area contributed by atoms with Crippen molar-refractivity contribution in [2.24, 2.45) is 0 Å². The van der Waals surface area contributed by atoms with Crippen molar-refractivity contribution in [2.45, 2.75) is 13.0 Å². The zero-order chi connectivity index (χ0) is 27.7. The number of nitrogens with zero attached hydrogens (tertiary/aromatic N) is 1. The standard InChI is InChI=1S/C32H29N3O5/c33-28-11-4-5-12-29(28)34-32(37)23-14-16-26(17-15-23)38-19-7-18-35(22-36)31-20-27-24(8-6-13-30(27)40-31)21-39-25-9-2-1-3-10-25/h1-6,8-17,20,22H,7,18-19,21,33H2,(H,34,37). The number of hydrogen-bond donors (Lipinski definition) is 2. The molecule has 0 unspecified atom stereocenters. The lowest BCUT2D eigenvalue weighted by Gasteiger charge is -2.14. The molecule has 8 nitrogen and oxygen atoms in total. The number of nitrogen functional groups attached to an aromatic ring is 1. The minimum absolute atomic E-state index is 0.258. The van der Waals surface area contributed by atoms with Gasteiger partial charge in [-0.2, -0.15) is 0 Å². The molecule has 5 rings (SSSR count). The molecular formula is C32H29N3O5. The van der Waals surface area contributed by atoms with Crippen LogP contribution in [0.5, 0.6) is 11.5 Å². The molecule has 5 aromatic rings. The molecule has 0 aliphatic heterocycles. The van der Waals surface area contributed by atoms with Gasteiger partial charge in [-0.05, 0) is 61.0 Å². The molecule has 1 aromatic heterocycles. The summed E-state index contributed by atoms with van der Waals surface area (Å²) >= 11 is 0. The fourth-order valence-electron chi connectivity index (χ4n) is 4.20. The van der Waals surface area contributed by atoms with Gasteiger partial charge in [-0.3, -0.25) is 14.5 Å². The number of para-hydroxylation sites is 3. The molecule has 202 valence electrons. The van der Waals surface area contributed by atoms with E-state index in [0.717, 1.165) is 23.1 Å². The highest BCUT2D eigenvalue weighted by Crippen LogP contribution is 2.29. The number of amides is 2. The van der Waals surface area contributed by atoms with Gasteiger partial charge >= 0.3 is 0 Å². The van der Waals surface area contributed by atoms with Gasteiger partial charge in [0.25, 0.3) is 5.91 Å². The SMILES string of the molecule is Nc1ccccc1NC(=O)c1ccc(OCCCN(C=O)c2cc3c(COc4ccccc4)cccc3o2)cc1. The first kappa shape index (κ1) is 26.4. The number of anilines is 3. The van der Waals surface area contributed by atoms with Crippen LogP contribution in [0.3, 0.4) is 0 Å². The Balaban J connectivity index is 1.13. The van der Waals surface area contributed by atoms with Gasteiger partial charge in [0, 0.05) is 29.1 Å². The zero-order valence-electron chi connectivity index (χ0n) is 21.8. The van der Waals surface area contributed by atoms with Gasteiger partial charge in [0.1, 0.15) is 23.7 Å². The van der Waals surface area contributed by atoms with Crippen LogP contribution in [0.15, 0.2) is 108 Å². The largest absolute Gasteiger partial charge is 0.494 e. The lowest BCUT2D eigenvalue weighted by atomic mass is 10.1. The van der Waals surface area contributed by atoms with Crippen molar-refractivity contribution < 1.29 is 23.5 Å². The molecule has 0 bridgehead atoms. The third kappa shape index (κ3) is 6.42. The summed E-state index contributed by atoms with van der Waals surface area (Å²) in [6.07, 6.45) is 1.33. The van der Waals surface area contributed by atoms with Crippen molar-refractivity contribution >= 4 is 40.5 Å². The molecule has 1 heterocycles. The molecule has 4 aromatic carbocycles. The molecule has 3 N–H and O–H groups in total. The summed E-state index contributed by atoms with van der Waals surface area (Å²) in [7, 11) is 0. The number of furan rings is 1. The van der Waals surface area contributed by atoms with E-state index in [4.69, 9.17) is 19.6 Å². The number of carbonyl (C=O) groups is 2. The van der Waals surface area contributed by atoms with Crippen molar-refractivity contribution in [1.82, 2.24) is 0 Å². The molecule has 0 atom stereocenters. The summed E-state index contributed by atoms with van der Waals surface area (Å²) in [6.45, 7) is 1.18. The van der Waals surface area contributed by atoms with Gasteiger partial charge < -0.3 is 24.9 Å². The fourth-order valence-corrected chi connectivity index (χ4v) is 4.20. The highest BCUT2D eigenvalue weighted by molar-refractivity contribution is 6.05. The van der Waals surface area contributed by atoms with Crippen LogP contribution in [-0.2, 0) is 11.4 Å². The normalized spacial score (nSPS) is 10.7. The van der Waals surface area contributed by atoms with Crippen LogP contribution >= 0.6 is 0 Å². The molecule has 0 radical (unpaired) electrons. The Kier molecular flexibility index (Phi) is 8.26. The van der Waals surface area contributed by atoms with E-state index < -0.39 is 0 Å². The second kappa shape index (κ2) is 12.5. The van der Waals surface area contributed by atoms with Crippen molar-refractivity contribution in [3.8, 4) is 11.5 Å². The number of benzene rings is 4.